The van der Waals surface area contributed by atoms with Crippen LogP contribution in [-0.4, -0.2) is 73.6 Å². The Morgan fingerprint density at radius 2 is 1.29 bits per heavy atom. The summed E-state index contributed by atoms with van der Waals surface area (Å²) in [5, 5.41) is 0. The van der Waals surface area contributed by atoms with Gasteiger partial charge in [-0.15, -0.1) is 0 Å². The minimum absolute atomic E-state index is 1.01. The summed E-state index contributed by atoms with van der Waals surface area (Å²) in [5.74, 6) is 1.01. The van der Waals surface area contributed by atoms with E-state index in [4.69, 9.17) is 0 Å². The fraction of sp³-hybridized carbons (Fsp3) is 1.00. The lowest BCUT2D eigenvalue weighted by molar-refractivity contribution is 0.129. The zero-order valence-corrected chi connectivity index (χ0v) is 14.5. The van der Waals surface area contributed by atoms with Crippen molar-refractivity contribution >= 4 is 0 Å². The Labute approximate surface area is 132 Å². The Morgan fingerprint density at radius 1 is 0.714 bits per heavy atom. The minimum Gasteiger partial charge on any atom is -0.303 e. The average Bonchev–Trinajstić information content (AvgIpc) is 2.55. The molecule has 3 heteroatoms. The van der Waals surface area contributed by atoms with Gasteiger partial charge in [0, 0.05) is 26.2 Å². The van der Waals surface area contributed by atoms with E-state index in [-0.39, 0.29) is 0 Å². The molecule has 2 aliphatic heterocycles. The highest BCUT2D eigenvalue weighted by Gasteiger charge is 2.19. The molecule has 0 saturated carbocycles. The van der Waals surface area contributed by atoms with Crippen LogP contribution in [0.1, 0.15) is 52.4 Å². The normalized spacial score (nSPS) is 23.7. The lowest BCUT2D eigenvalue weighted by Gasteiger charge is -2.35. The number of likely N-dealkylation sites (tertiary alicyclic amines) is 1. The van der Waals surface area contributed by atoms with Crippen molar-refractivity contribution in [3.05, 3.63) is 0 Å². The maximum atomic E-state index is 2.68. The van der Waals surface area contributed by atoms with Crippen molar-refractivity contribution < 1.29 is 0 Å². The van der Waals surface area contributed by atoms with E-state index >= 15 is 0 Å². The molecule has 0 bridgehead atoms. The molecule has 0 radical (unpaired) electrons. The Balaban J connectivity index is 1.50. The molecular formula is C18H37N3. The molecule has 0 aromatic heterocycles. The van der Waals surface area contributed by atoms with E-state index in [1.807, 2.05) is 0 Å². The first-order chi connectivity index (χ1) is 10.3. The number of hydrogen-bond acceptors (Lipinski definition) is 3. The standard InChI is InChI=1S/C18H37N3/c1-3-5-10-20-12-8-18(9-13-20)7-6-11-21-16-14-19(4-2)15-17-21/h18H,3-17H2,1-2H3. The van der Waals surface area contributed by atoms with Crippen LogP contribution in [0, 0.1) is 5.92 Å². The van der Waals surface area contributed by atoms with E-state index in [1.54, 1.807) is 0 Å². The molecule has 3 nitrogen and oxygen atoms in total. The Hall–Kier alpha value is -0.120. The van der Waals surface area contributed by atoms with Gasteiger partial charge in [-0.1, -0.05) is 20.3 Å². The number of unbranched alkanes of at least 4 members (excludes halogenated alkanes) is 1. The molecule has 124 valence electrons. The van der Waals surface area contributed by atoms with Crippen LogP contribution in [0.3, 0.4) is 0 Å². The Bertz CT molecular complexity index is 253. The fourth-order valence-electron chi connectivity index (χ4n) is 3.81. The molecule has 0 aromatic carbocycles. The number of hydrogen-bond donors (Lipinski definition) is 0. The van der Waals surface area contributed by atoms with E-state index in [0.29, 0.717) is 0 Å². The number of piperazine rings is 1. The molecular weight excluding hydrogens is 258 g/mol. The molecule has 0 spiro atoms. The maximum Gasteiger partial charge on any atom is 0.0110 e. The third-order valence-corrected chi connectivity index (χ3v) is 5.53. The van der Waals surface area contributed by atoms with Gasteiger partial charge in [0.15, 0.2) is 0 Å². The molecule has 21 heavy (non-hydrogen) atoms. The zero-order valence-electron chi connectivity index (χ0n) is 14.5. The van der Waals surface area contributed by atoms with Gasteiger partial charge in [0.2, 0.25) is 0 Å². The second-order valence-corrected chi connectivity index (χ2v) is 7.06. The lowest BCUT2D eigenvalue weighted by Crippen LogP contribution is -2.46. The van der Waals surface area contributed by atoms with Crippen LogP contribution in [0.15, 0.2) is 0 Å². The van der Waals surface area contributed by atoms with E-state index in [1.165, 1.54) is 97.4 Å². The molecule has 2 aliphatic rings. The monoisotopic (exact) mass is 295 g/mol. The third kappa shape index (κ3) is 6.25. The highest BCUT2D eigenvalue weighted by Crippen LogP contribution is 2.22. The first kappa shape index (κ1) is 17.2. The van der Waals surface area contributed by atoms with Gasteiger partial charge >= 0.3 is 0 Å². The summed E-state index contributed by atoms with van der Waals surface area (Å²) in [7, 11) is 0. The van der Waals surface area contributed by atoms with Gasteiger partial charge in [0.25, 0.3) is 0 Å². The van der Waals surface area contributed by atoms with Gasteiger partial charge in [0.1, 0.15) is 0 Å². The van der Waals surface area contributed by atoms with Gasteiger partial charge in [-0.3, -0.25) is 0 Å². The van der Waals surface area contributed by atoms with Crippen LogP contribution >= 0.6 is 0 Å². The van der Waals surface area contributed by atoms with Crippen molar-refractivity contribution in [1.29, 1.82) is 0 Å². The molecule has 2 saturated heterocycles. The topological polar surface area (TPSA) is 9.72 Å². The number of nitrogens with zero attached hydrogens (tertiary/aromatic N) is 3. The summed E-state index contributed by atoms with van der Waals surface area (Å²) >= 11 is 0. The van der Waals surface area contributed by atoms with E-state index in [9.17, 15) is 0 Å². The van der Waals surface area contributed by atoms with E-state index in [0.717, 1.165) is 5.92 Å². The molecule has 2 fully saturated rings. The first-order valence-electron chi connectivity index (χ1n) is 9.49. The van der Waals surface area contributed by atoms with Crippen LogP contribution in [0.2, 0.25) is 0 Å². The molecule has 0 N–H and O–H groups in total. The van der Waals surface area contributed by atoms with Gasteiger partial charge < -0.3 is 14.7 Å². The highest BCUT2D eigenvalue weighted by atomic mass is 15.3. The van der Waals surface area contributed by atoms with E-state index < -0.39 is 0 Å². The average molecular weight is 296 g/mol. The van der Waals surface area contributed by atoms with Crippen molar-refractivity contribution in [2.45, 2.75) is 52.4 Å². The largest absolute Gasteiger partial charge is 0.303 e. The summed E-state index contributed by atoms with van der Waals surface area (Å²) < 4.78 is 0. The van der Waals surface area contributed by atoms with Gasteiger partial charge in [-0.2, -0.15) is 0 Å². The molecule has 2 rings (SSSR count). The molecule has 0 aromatic rings. The van der Waals surface area contributed by atoms with E-state index in [2.05, 4.69) is 28.5 Å². The second kappa shape index (κ2) is 9.81. The molecule has 0 unspecified atom stereocenters. The summed E-state index contributed by atoms with van der Waals surface area (Å²) in [6.45, 7) is 16.4. The van der Waals surface area contributed by atoms with Crippen LogP contribution < -0.4 is 0 Å². The van der Waals surface area contributed by atoms with Crippen molar-refractivity contribution in [2.24, 2.45) is 5.92 Å². The van der Waals surface area contributed by atoms with Gasteiger partial charge in [-0.25, -0.2) is 0 Å². The van der Waals surface area contributed by atoms with Gasteiger partial charge in [0.05, 0.1) is 0 Å². The molecule has 2 heterocycles. The summed E-state index contributed by atoms with van der Waals surface area (Å²) in [6, 6.07) is 0. The predicted octanol–water partition coefficient (Wildman–Crippen LogP) is 2.92. The number of rotatable bonds is 8. The Morgan fingerprint density at radius 3 is 1.90 bits per heavy atom. The Kier molecular flexibility index (Phi) is 8.05. The predicted molar refractivity (Wildman–Crippen MR) is 91.9 cm³/mol. The van der Waals surface area contributed by atoms with Crippen molar-refractivity contribution in [3.8, 4) is 0 Å². The second-order valence-electron chi connectivity index (χ2n) is 7.06. The zero-order chi connectivity index (χ0) is 14.9. The summed E-state index contributed by atoms with van der Waals surface area (Å²) in [6.07, 6.45) is 8.52. The molecule has 0 aliphatic carbocycles. The van der Waals surface area contributed by atoms with Crippen LogP contribution in [-0.2, 0) is 0 Å². The number of piperidine rings is 1. The maximum absolute atomic E-state index is 2.68. The molecule has 0 atom stereocenters. The fourth-order valence-corrected chi connectivity index (χ4v) is 3.81. The summed E-state index contributed by atoms with van der Waals surface area (Å²) in [5.41, 5.74) is 0. The van der Waals surface area contributed by atoms with Crippen molar-refractivity contribution in [3.63, 3.8) is 0 Å². The van der Waals surface area contributed by atoms with Crippen LogP contribution in [0.5, 0.6) is 0 Å². The van der Waals surface area contributed by atoms with Crippen molar-refractivity contribution in [2.75, 3.05) is 58.9 Å². The van der Waals surface area contributed by atoms with Crippen molar-refractivity contribution in [1.82, 2.24) is 14.7 Å². The van der Waals surface area contributed by atoms with Gasteiger partial charge in [-0.05, 0) is 70.7 Å². The molecule has 0 amide bonds. The quantitative estimate of drug-likeness (QED) is 0.682. The van der Waals surface area contributed by atoms with Crippen LogP contribution in [0.4, 0.5) is 0 Å². The lowest BCUT2D eigenvalue weighted by atomic mass is 9.92. The first-order valence-corrected chi connectivity index (χ1v) is 9.49. The number of likely N-dealkylation sites (N-methyl/N-ethyl adjacent to an activating group) is 1. The third-order valence-electron chi connectivity index (χ3n) is 5.53. The SMILES string of the molecule is CCCCN1CCC(CCCN2CCN(CC)CC2)CC1. The minimum atomic E-state index is 1.01. The smallest absolute Gasteiger partial charge is 0.0110 e. The summed E-state index contributed by atoms with van der Waals surface area (Å²) in [4.78, 5) is 7.94. The highest BCUT2D eigenvalue weighted by molar-refractivity contribution is 4.74. The van der Waals surface area contributed by atoms with Crippen LogP contribution in [0.25, 0.3) is 0 Å².